The molecule has 7 heteroatoms. The minimum Gasteiger partial charge on any atom is -0.326 e. The molecule has 0 spiro atoms. The smallest absolute Gasteiger partial charge is 0.320 e. The van der Waals surface area contributed by atoms with E-state index in [0.717, 1.165) is 10.7 Å². The van der Waals surface area contributed by atoms with Gasteiger partial charge in [0.1, 0.15) is 10.7 Å². The number of aryl methyl sites for hydroxylation is 2. The van der Waals surface area contributed by atoms with Crippen molar-refractivity contribution in [2.45, 2.75) is 32.7 Å². The van der Waals surface area contributed by atoms with Gasteiger partial charge in [-0.05, 0) is 32.4 Å². The molecular weight excluding hydrogens is 300 g/mol. The van der Waals surface area contributed by atoms with E-state index in [-0.39, 0.29) is 11.2 Å². The van der Waals surface area contributed by atoms with Crippen LogP contribution in [0.2, 0.25) is 0 Å². The third-order valence-corrected chi connectivity index (χ3v) is 4.78. The highest BCUT2D eigenvalue weighted by atomic mass is 32.1. The zero-order valence-corrected chi connectivity index (χ0v) is 14.0. The molecule has 2 aromatic heterocycles. The Bertz CT molecular complexity index is 737. The predicted molar refractivity (Wildman–Crippen MR) is 88.3 cm³/mol. The lowest BCUT2D eigenvalue weighted by atomic mass is 10.0. The maximum Gasteiger partial charge on any atom is 0.320 e. The first kappa shape index (κ1) is 16.2. The third kappa shape index (κ3) is 3.36. The summed E-state index contributed by atoms with van der Waals surface area (Å²) in [5.41, 5.74) is 0.360. The van der Waals surface area contributed by atoms with Gasteiger partial charge in [0.25, 0.3) is 5.56 Å². The monoisotopic (exact) mass is 320 g/mol. The van der Waals surface area contributed by atoms with Gasteiger partial charge in [-0.25, -0.2) is 9.78 Å². The van der Waals surface area contributed by atoms with Crippen molar-refractivity contribution < 1.29 is 4.79 Å². The zero-order chi connectivity index (χ0) is 16.3. The highest BCUT2D eigenvalue weighted by Crippen LogP contribution is 2.27. The Kier molecular flexibility index (Phi) is 4.65. The number of nitrogens with one attached hydrogen (secondary N) is 2. The van der Waals surface area contributed by atoms with Crippen LogP contribution in [0.5, 0.6) is 0 Å². The first-order valence-corrected chi connectivity index (χ1v) is 7.91. The van der Waals surface area contributed by atoms with E-state index in [9.17, 15) is 9.59 Å². The molecule has 0 aliphatic rings. The number of carbonyl (C=O) groups excluding carboxylic acids is 1. The summed E-state index contributed by atoms with van der Waals surface area (Å²) in [6, 6.07) is 2.87. The lowest BCUT2D eigenvalue weighted by Crippen LogP contribution is -2.45. The van der Waals surface area contributed by atoms with Crippen molar-refractivity contribution in [3.05, 3.63) is 44.8 Å². The average Bonchev–Trinajstić information content (AvgIpc) is 2.91. The maximum atomic E-state index is 12.2. The topological polar surface area (TPSA) is 76.0 Å². The van der Waals surface area contributed by atoms with Gasteiger partial charge in [0.05, 0.1) is 5.54 Å². The summed E-state index contributed by atoms with van der Waals surface area (Å²) in [4.78, 5) is 28.6. The molecule has 1 atom stereocenters. The van der Waals surface area contributed by atoms with Crippen molar-refractivity contribution in [3.8, 4) is 0 Å². The molecule has 0 aliphatic carbocycles. The van der Waals surface area contributed by atoms with Gasteiger partial charge >= 0.3 is 6.03 Å². The quantitative estimate of drug-likeness (QED) is 0.909. The molecule has 0 saturated heterocycles. The summed E-state index contributed by atoms with van der Waals surface area (Å²) in [6.07, 6.45) is 2.33. The van der Waals surface area contributed by atoms with Gasteiger partial charge in [-0.15, -0.1) is 11.3 Å². The summed E-state index contributed by atoms with van der Waals surface area (Å²) >= 11 is 1.52. The van der Waals surface area contributed by atoms with Crippen molar-refractivity contribution in [1.82, 2.24) is 14.9 Å². The fraction of sp³-hybridized carbons (Fsp3) is 0.400. The van der Waals surface area contributed by atoms with Crippen LogP contribution in [0, 0.1) is 6.92 Å². The lowest BCUT2D eigenvalue weighted by Gasteiger charge is -2.27. The van der Waals surface area contributed by atoms with Crippen molar-refractivity contribution in [1.29, 1.82) is 0 Å². The molecule has 1 unspecified atom stereocenters. The molecule has 0 aromatic carbocycles. The van der Waals surface area contributed by atoms with E-state index in [2.05, 4.69) is 15.6 Å². The molecule has 0 fully saturated rings. The van der Waals surface area contributed by atoms with Crippen molar-refractivity contribution in [2.75, 3.05) is 5.32 Å². The Morgan fingerprint density at radius 3 is 2.82 bits per heavy atom. The number of pyridine rings is 1. The van der Waals surface area contributed by atoms with Gasteiger partial charge in [-0.2, -0.15) is 0 Å². The highest BCUT2D eigenvalue weighted by molar-refractivity contribution is 7.09. The van der Waals surface area contributed by atoms with Crippen LogP contribution in [-0.4, -0.2) is 15.6 Å². The number of rotatable bonds is 4. The van der Waals surface area contributed by atoms with Gasteiger partial charge in [0, 0.05) is 24.3 Å². The third-order valence-electron chi connectivity index (χ3n) is 3.56. The average molecular weight is 320 g/mol. The number of aromatic nitrogens is 2. The van der Waals surface area contributed by atoms with E-state index in [1.165, 1.54) is 15.9 Å². The standard InChI is InChI=1S/C15H20N4O2S/c1-5-15(3,13-16-10(2)9-22-13)18-14(21)17-11-7-6-8-19(4)12(11)20/h6-9H,5H2,1-4H3,(H2,17,18,21). The van der Waals surface area contributed by atoms with E-state index >= 15 is 0 Å². The molecule has 2 aromatic rings. The Morgan fingerprint density at radius 2 is 2.23 bits per heavy atom. The number of anilines is 1. The molecule has 2 N–H and O–H groups in total. The number of amides is 2. The second-order valence-corrected chi connectivity index (χ2v) is 6.25. The van der Waals surface area contributed by atoms with Crippen LogP contribution in [0.25, 0.3) is 0 Å². The molecule has 2 amide bonds. The van der Waals surface area contributed by atoms with Crippen LogP contribution in [0.4, 0.5) is 10.5 Å². The molecular formula is C15H20N4O2S. The minimum atomic E-state index is -0.566. The zero-order valence-electron chi connectivity index (χ0n) is 13.1. The molecule has 6 nitrogen and oxygen atoms in total. The SMILES string of the molecule is CCC(C)(NC(=O)Nc1cccn(C)c1=O)c1nc(C)cs1. The first-order chi connectivity index (χ1) is 10.4. The fourth-order valence-electron chi connectivity index (χ4n) is 2.00. The molecule has 0 radical (unpaired) electrons. The molecule has 2 heterocycles. The Hall–Kier alpha value is -2.15. The van der Waals surface area contributed by atoms with Gasteiger partial charge in [-0.1, -0.05) is 6.92 Å². The molecule has 118 valence electrons. The number of carbonyl (C=O) groups is 1. The van der Waals surface area contributed by atoms with Gasteiger partial charge < -0.3 is 15.2 Å². The number of thiazole rings is 1. The maximum absolute atomic E-state index is 12.2. The van der Waals surface area contributed by atoms with Crippen molar-refractivity contribution >= 4 is 23.1 Å². The first-order valence-electron chi connectivity index (χ1n) is 7.03. The summed E-state index contributed by atoms with van der Waals surface area (Å²) < 4.78 is 1.42. The van der Waals surface area contributed by atoms with E-state index in [4.69, 9.17) is 0 Å². The number of urea groups is 1. The van der Waals surface area contributed by atoms with E-state index < -0.39 is 11.6 Å². The highest BCUT2D eigenvalue weighted by Gasteiger charge is 2.29. The molecule has 0 bridgehead atoms. The van der Waals surface area contributed by atoms with Crippen LogP contribution < -0.4 is 16.2 Å². The van der Waals surface area contributed by atoms with Gasteiger partial charge in [0.2, 0.25) is 0 Å². The Balaban J connectivity index is 2.16. The van der Waals surface area contributed by atoms with E-state index in [1.54, 1.807) is 25.4 Å². The van der Waals surface area contributed by atoms with Crippen molar-refractivity contribution in [3.63, 3.8) is 0 Å². The van der Waals surface area contributed by atoms with Gasteiger partial charge in [-0.3, -0.25) is 4.79 Å². The number of nitrogens with zero attached hydrogens (tertiary/aromatic N) is 2. The Morgan fingerprint density at radius 1 is 1.50 bits per heavy atom. The second kappa shape index (κ2) is 6.31. The van der Waals surface area contributed by atoms with Crippen molar-refractivity contribution in [2.24, 2.45) is 7.05 Å². The Labute approximate surface area is 133 Å². The number of hydrogen-bond donors (Lipinski definition) is 2. The molecule has 0 saturated carbocycles. The predicted octanol–water partition coefficient (Wildman–Crippen LogP) is 2.60. The molecule has 0 aliphatic heterocycles. The fourth-order valence-corrected chi connectivity index (χ4v) is 2.98. The van der Waals surface area contributed by atoms with Crippen LogP contribution in [0.3, 0.4) is 0 Å². The van der Waals surface area contributed by atoms with Gasteiger partial charge in [0.15, 0.2) is 0 Å². The van der Waals surface area contributed by atoms with Crippen LogP contribution in [0.15, 0.2) is 28.5 Å². The molecule has 22 heavy (non-hydrogen) atoms. The summed E-state index contributed by atoms with van der Waals surface area (Å²) in [5, 5.41) is 8.33. The summed E-state index contributed by atoms with van der Waals surface area (Å²) in [6.45, 7) is 5.83. The van der Waals surface area contributed by atoms with E-state index in [0.29, 0.717) is 6.42 Å². The summed E-state index contributed by atoms with van der Waals surface area (Å²) in [5.74, 6) is 0. The molecule has 2 rings (SSSR count). The van der Waals surface area contributed by atoms with Crippen LogP contribution in [0.1, 0.15) is 31.0 Å². The minimum absolute atomic E-state index is 0.247. The largest absolute Gasteiger partial charge is 0.326 e. The summed E-state index contributed by atoms with van der Waals surface area (Å²) in [7, 11) is 1.64. The van der Waals surface area contributed by atoms with E-state index in [1.807, 2.05) is 26.2 Å². The second-order valence-electron chi connectivity index (χ2n) is 5.40. The normalized spacial score (nSPS) is 13.5. The van der Waals surface area contributed by atoms with Crippen LogP contribution in [-0.2, 0) is 12.6 Å². The van der Waals surface area contributed by atoms with Crippen LogP contribution >= 0.6 is 11.3 Å². The lowest BCUT2D eigenvalue weighted by molar-refractivity contribution is 0.237. The number of hydrogen-bond acceptors (Lipinski definition) is 4.